The summed E-state index contributed by atoms with van der Waals surface area (Å²) < 4.78 is 0. The molecular weight excluding hydrogens is 810 g/mol. The van der Waals surface area contributed by atoms with E-state index in [0.717, 1.165) is 97.8 Å². The van der Waals surface area contributed by atoms with Crippen LogP contribution in [0.5, 0.6) is 0 Å². The van der Waals surface area contributed by atoms with Crippen LogP contribution in [0.4, 0.5) is 28.4 Å². The maximum atomic E-state index is 10.4. The van der Waals surface area contributed by atoms with Gasteiger partial charge in [0.15, 0.2) is 0 Å². The van der Waals surface area contributed by atoms with E-state index in [1.165, 1.54) is 44.5 Å². The lowest BCUT2D eigenvalue weighted by atomic mass is 9.73. The van der Waals surface area contributed by atoms with Crippen LogP contribution < -0.4 is 15.3 Å². The number of hydrogen-bond acceptors (Lipinski definition) is 3. The summed E-state index contributed by atoms with van der Waals surface area (Å²) in [6, 6.07) is 49.2. The molecule has 1 aliphatic heterocycles. The molecule has 2 bridgehead atoms. The first kappa shape index (κ1) is 42.0. The summed E-state index contributed by atoms with van der Waals surface area (Å²) in [5, 5.41) is 10.4. The number of nitrogens with one attached hydrogen (secondary N) is 1. The van der Waals surface area contributed by atoms with Gasteiger partial charge >= 0.3 is 0 Å². The first-order valence-electron chi connectivity index (χ1n) is 23.7. The van der Waals surface area contributed by atoms with Crippen molar-refractivity contribution in [2.24, 2.45) is 0 Å². The second kappa shape index (κ2) is 16.6. The van der Waals surface area contributed by atoms with Gasteiger partial charge < -0.3 is 9.80 Å². The Balaban J connectivity index is 1.32. The maximum absolute atomic E-state index is 10.4. The van der Waals surface area contributed by atoms with Gasteiger partial charge in [-0.2, -0.15) is 0 Å². The van der Waals surface area contributed by atoms with Crippen molar-refractivity contribution >= 4 is 59.1 Å². The lowest BCUT2D eigenvalue weighted by Gasteiger charge is -2.38. The molecule has 1 heterocycles. The molecule has 0 saturated heterocycles. The van der Waals surface area contributed by atoms with Gasteiger partial charge in [0.1, 0.15) is 7.85 Å². The molecule has 0 radical (unpaired) electrons. The zero-order valence-electron chi connectivity index (χ0n) is 39.1. The summed E-state index contributed by atoms with van der Waals surface area (Å²) in [5.41, 5.74) is 25.3. The van der Waals surface area contributed by atoms with Crippen LogP contribution in [0.3, 0.4) is 0 Å². The largest absolute Gasteiger partial charge is 0.314 e. The lowest BCUT2D eigenvalue weighted by Crippen LogP contribution is -2.27. The van der Waals surface area contributed by atoms with E-state index in [9.17, 15) is 5.41 Å². The van der Waals surface area contributed by atoms with Gasteiger partial charge in [0.05, 0.1) is 17.1 Å². The highest BCUT2D eigenvalue weighted by Gasteiger charge is 2.41. The van der Waals surface area contributed by atoms with E-state index >= 15 is 0 Å². The van der Waals surface area contributed by atoms with Gasteiger partial charge in [-0.1, -0.05) is 165 Å². The number of hydrogen-bond donors (Lipinski definition) is 1. The Labute approximate surface area is 397 Å². The SMILES string of the molecule is Bc1c2cc3c(c1-c1cc(C)cc(C(=N)c4ccccc4/C=C\C)c1-c1ccc(N(C4=CC=CCC4)c4ccccc4)cc1N2c1cccc2c1C/C=C\C=C/C2=C)-c1ccccc1C3(C)C. The van der Waals surface area contributed by atoms with Gasteiger partial charge in [0.2, 0.25) is 0 Å². The summed E-state index contributed by atoms with van der Waals surface area (Å²) in [5.74, 6) is 0. The molecule has 67 heavy (non-hydrogen) atoms. The summed E-state index contributed by atoms with van der Waals surface area (Å²) in [4.78, 5) is 5.02. The Morgan fingerprint density at radius 2 is 1.48 bits per heavy atom. The van der Waals surface area contributed by atoms with Gasteiger partial charge in [-0.25, -0.2) is 0 Å². The quantitative estimate of drug-likeness (QED) is 0.128. The number of benzene rings is 7. The predicted molar refractivity (Wildman–Crippen MR) is 289 cm³/mol. The molecule has 0 spiro atoms. The van der Waals surface area contributed by atoms with Gasteiger partial charge in [-0.3, -0.25) is 5.41 Å². The number of para-hydroxylation sites is 1. The molecule has 0 unspecified atom stereocenters. The third-order valence-electron chi connectivity index (χ3n) is 14.4. The van der Waals surface area contributed by atoms with Gasteiger partial charge in [-0.05, 0) is 143 Å². The molecule has 4 heteroatoms. The number of aryl methyl sites for hydroxylation is 1. The van der Waals surface area contributed by atoms with Crippen molar-refractivity contribution < 1.29 is 0 Å². The first-order valence-corrected chi connectivity index (χ1v) is 23.7. The van der Waals surface area contributed by atoms with Crippen molar-refractivity contribution in [3.63, 3.8) is 0 Å². The number of nitrogens with zero attached hydrogens (tertiary/aromatic N) is 2. The highest BCUT2D eigenvalue weighted by molar-refractivity contribution is 6.42. The molecular formula is C63H54BN3. The van der Waals surface area contributed by atoms with Gasteiger partial charge in [-0.15, -0.1) is 0 Å². The molecule has 0 atom stereocenters. The molecule has 4 aliphatic rings. The molecule has 324 valence electrons. The molecule has 0 saturated carbocycles. The van der Waals surface area contributed by atoms with Crippen LogP contribution in [0.25, 0.3) is 45.0 Å². The topological polar surface area (TPSA) is 30.3 Å². The molecule has 7 aromatic rings. The van der Waals surface area contributed by atoms with Crippen LogP contribution in [0.15, 0.2) is 194 Å². The second-order valence-corrected chi connectivity index (χ2v) is 18.8. The Hall–Kier alpha value is -7.69. The predicted octanol–water partition coefficient (Wildman–Crippen LogP) is 15.2. The zero-order chi connectivity index (χ0) is 46.0. The molecule has 1 N–H and O–H groups in total. The highest BCUT2D eigenvalue weighted by atomic mass is 15.2. The van der Waals surface area contributed by atoms with Gasteiger partial charge in [0, 0.05) is 50.4 Å². The maximum Gasteiger partial charge on any atom is 0.142 e. The van der Waals surface area contributed by atoms with E-state index in [1.54, 1.807) is 0 Å². The van der Waals surface area contributed by atoms with Crippen molar-refractivity contribution in [1.29, 1.82) is 5.41 Å². The van der Waals surface area contributed by atoms with Crippen molar-refractivity contribution in [2.75, 3.05) is 9.80 Å². The fraction of sp³-hybridized carbons (Fsp3) is 0.127. The normalized spacial score (nSPS) is 16.0. The van der Waals surface area contributed by atoms with E-state index in [-0.39, 0.29) is 5.41 Å². The minimum atomic E-state index is -0.276. The molecule has 3 aliphatic carbocycles. The van der Waals surface area contributed by atoms with E-state index in [4.69, 9.17) is 0 Å². The smallest absolute Gasteiger partial charge is 0.142 e. The number of rotatable bonds is 7. The summed E-state index contributed by atoms with van der Waals surface area (Å²) in [7, 11) is 2.34. The zero-order valence-corrected chi connectivity index (χ0v) is 39.1. The van der Waals surface area contributed by atoms with E-state index in [2.05, 4.69) is 233 Å². The molecule has 0 amide bonds. The van der Waals surface area contributed by atoms with Crippen LogP contribution in [0, 0.1) is 12.3 Å². The number of allylic oxidation sites excluding steroid dienone is 10. The third-order valence-corrected chi connectivity index (χ3v) is 14.4. The second-order valence-electron chi connectivity index (χ2n) is 18.8. The summed E-state index contributed by atoms with van der Waals surface area (Å²) in [6.07, 6.45) is 22.2. The van der Waals surface area contributed by atoms with Crippen molar-refractivity contribution in [3.05, 3.63) is 239 Å². The Morgan fingerprint density at radius 3 is 2.30 bits per heavy atom. The first-order chi connectivity index (χ1) is 32.7. The highest BCUT2D eigenvalue weighted by Crippen LogP contribution is 2.58. The van der Waals surface area contributed by atoms with Crippen LogP contribution in [0.1, 0.15) is 78.1 Å². The average Bonchev–Trinajstić information content (AvgIpc) is 3.56. The third kappa shape index (κ3) is 6.85. The average molecular weight is 864 g/mol. The number of fused-ring (bicyclic) bond motifs is 11. The van der Waals surface area contributed by atoms with Crippen molar-refractivity contribution in [3.8, 4) is 33.4 Å². The van der Waals surface area contributed by atoms with E-state index in [0.29, 0.717) is 5.71 Å². The fourth-order valence-electron chi connectivity index (χ4n) is 11.3. The van der Waals surface area contributed by atoms with Crippen LogP contribution in [0.2, 0.25) is 0 Å². The fourth-order valence-corrected chi connectivity index (χ4v) is 11.3. The van der Waals surface area contributed by atoms with Gasteiger partial charge in [0.25, 0.3) is 0 Å². The molecule has 7 aromatic carbocycles. The molecule has 0 aromatic heterocycles. The minimum Gasteiger partial charge on any atom is -0.314 e. The monoisotopic (exact) mass is 863 g/mol. The van der Waals surface area contributed by atoms with Crippen molar-refractivity contribution in [2.45, 2.75) is 52.4 Å². The van der Waals surface area contributed by atoms with E-state index in [1.807, 2.05) is 6.92 Å². The molecule has 0 fully saturated rings. The summed E-state index contributed by atoms with van der Waals surface area (Å²) >= 11 is 0. The Morgan fingerprint density at radius 1 is 0.687 bits per heavy atom. The Bertz CT molecular complexity index is 3370. The number of anilines is 5. The van der Waals surface area contributed by atoms with Crippen LogP contribution in [-0.2, 0) is 11.8 Å². The molecule has 11 rings (SSSR count). The summed E-state index contributed by atoms with van der Waals surface area (Å²) in [6.45, 7) is 13.6. The standard InChI is InChI=1S/C63H54BN3/c1-6-21-42-23-16-17-28-47(42)62(65)52-37-40(2)36-51-58(52)50-35-34-45(66(43-24-11-8-12-25-43)44-26-13-9-14-27-44)38-56(50)67(55-33-20-31-46-41(3)22-10-7-15-29-48(46)55)57-39-54-59(60(51)61(57)64)49-30-18-19-32-53(49)63(54,4)5/h6-13,15-26,28,30-39,65H,3,14,27,29,64H2,1-2,4-5H3/b15-7-,21-6-,22-10-,65-62?. The van der Waals surface area contributed by atoms with Crippen molar-refractivity contribution in [1.82, 2.24) is 0 Å². The van der Waals surface area contributed by atoms with Crippen LogP contribution >= 0.6 is 0 Å². The molecule has 3 nitrogen and oxygen atoms in total. The van der Waals surface area contributed by atoms with Crippen LogP contribution in [-0.4, -0.2) is 13.6 Å². The minimum absolute atomic E-state index is 0.276. The Kier molecular flexibility index (Phi) is 10.4. The van der Waals surface area contributed by atoms with E-state index < -0.39 is 0 Å². The lowest BCUT2D eigenvalue weighted by molar-refractivity contribution is 0.660.